The molecule has 0 radical (unpaired) electrons. The van der Waals surface area contributed by atoms with E-state index in [1.165, 1.54) is 0 Å². The molecule has 3 aliphatic heterocycles. The zero-order chi connectivity index (χ0) is 29.7. The van der Waals surface area contributed by atoms with E-state index in [2.05, 4.69) is 11.9 Å². The van der Waals surface area contributed by atoms with Gasteiger partial charge in [0.15, 0.2) is 11.6 Å². The Morgan fingerprint density at radius 1 is 0.907 bits per heavy atom. The summed E-state index contributed by atoms with van der Waals surface area (Å²) in [5, 5.41) is 3.09. The summed E-state index contributed by atoms with van der Waals surface area (Å²) in [6.45, 7) is 5.99. The van der Waals surface area contributed by atoms with Crippen molar-refractivity contribution in [3.63, 3.8) is 0 Å². The van der Waals surface area contributed by atoms with Crippen molar-refractivity contribution in [1.29, 1.82) is 0 Å². The lowest BCUT2D eigenvalue weighted by Crippen LogP contribution is -2.49. The van der Waals surface area contributed by atoms with Gasteiger partial charge in [0, 0.05) is 23.0 Å². The van der Waals surface area contributed by atoms with Crippen LogP contribution >= 0.6 is 0 Å². The van der Waals surface area contributed by atoms with Crippen LogP contribution in [0.4, 0.5) is 5.69 Å². The van der Waals surface area contributed by atoms with Gasteiger partial charge in [-0.3, -0.25) is 14.4 Å². The second kappa shape index (κ2) is 10.2. The number of fused-ring (bicyclic) bond motifs is 6. The molecule has 0 saturated carbocycles. The Kier molecular flexibility index (Phi) is 6.35. The van der Waals surface area contributed by atoms with Gasteiger partial charge in [0.25, 0.3) is 0 Å². The summed E-state index contributed by atoms with van der Waals surface area (Å²) in [5.41, 5.74) is 3.82. The van der Waals surface area contributed by atoms with Gasteiger partial charge in [-0.2, -0.15) is 0 Å². The summed E-state index contributed by atoms with van der Waals surface area (Å²) in [5.74, 6) is -1.17. The summed E-state index contributed by atoms with van der Waals surface area (Å²) in [7, 11) is 0. The number of rotatable bonds is 7. The third-order valence-electron chi connectivity index (χ3n) is 8.96. The van der Waals surface area contributed by atoms with Crippen molar-refractivity contribution in [2.24, 2.45) is 5.92 Å². The number of carbonyl (C=O) groups excluding carboxylic acids is 3. The van der Waals surface area contributed by atoms with Gasteiger partial charge in [0.1, 0.15) is 23.8 Å². The maximum absolute atomic E-state index is 14.9. The Morgan fingerprint density at radius 3 is 2.35 bits per heavy atom. The number of aryl methyl sites for hydroxylation is 1. The molecule has 4 aromatic carbocycles. The molecule has 4 unspecified atom stereocenters. The number of carbonyl (C=O) groups is 3. The quantitative estimate of drug-likeness (QED) is 0.203. The molecule has 1 saturated heterocycles. The first-order chi connectivity index (χ1) is 20.9. The van der Waals surface area contributed by atoms with Gasteiger partial charge >= 0.3 is 0 Å². The number of benzene rings is 4. The molecule has 1 N–H and O–H groups in total. The number of ketones is 2. The first kappa shape index (κ1) is 26.7. The summed E-state index contributed by atoms with van der Waals surface area (Å²) in [4.78, 5) is 46.0. The third kappa shape index (κ3) is 3.97. The topological polar surface area (TPSA) is 75.7 Å². The van der Waals surface area contributed by atoms with E-state index >= 15 is 0 Å². The average Bonchev–Trinajstić information content (AvgIpc) is 3.52. The molecule has 3 heterocycles. The van der Waals surface area contributed by atoms with Crippen LogP contribution in [0.25, 0.3) is 6.08 Å². The van der Waals surface area contributed by atoms with Crippen molar-refractivity contribution in [3.8, 4) is 5.75 Å². The number of amides is 1. The molecule has 0 aliphatic carbocycles. The zero-order valence-electron chi connectivity index (χ0n) is 23.7. The standard InChI is InChI=1S/C37H30N2O4/c1-3-22-43-27-18-16-25(17-19-27)33(40)31-32(34(41)26-14-12-23(2)13-15-26)39-21-20-24-8-4-5-9-28(24)35(39)37(31)29-10-6-7-11-30(29)38-36(37)42/h3-21,31-32,35H,1,22H2,2H3,(H,38,42). The van der Waals surface area contributed by atoms with E-state index in [1.54, 1.807) is 42.5 Å². The molecule has 7 rings (SSSR count). The molecule has 0 bridgehead atoms. The molecular weight excluding hydrogens is 536 g/mol. The van der Waals surface area contributed by atoms with Gasteiger partial charge in [0.05, 0.1) is 12.0 Å². The Hall–Kier alpha value is -5.23. The minimum atomic E-state index is -1.36. The molecule has 1 fully saturated rings. The van der Waals surface area contributed by atoms with Gasteiger partial charge in [-0.25, -0.2) is 0 Å². The van der Waals surface area contributed by atoms with Crippen molar-refractivity contribution in [3.05, 3.63) is 149 Å². The Balaban J connectivity index is 1.47. The van der Waals surface area contributed by atoms with Crippen LogP contribution in [0.2, 0.25) is 0 Å². The third-order valence-corrected chi connectivity index (χ3v) is 8.96. The molecule has 0 aromatic heterocycles. The van der Waals surface area contributed by atoms with Gasteiger partial charge in [-0.15, -0.1) is 0 Å². The van der Waals surface area contributed by atoms with Gasteiger partial charge in [-0.05, 0) is 60.0 Å². The lowest BCUT2D eigenvalue weighted by atomic mass is 9.62. The highest BCUT2D eigenvalue weighted by Crippen LogP contribution is 2.62. The van der Waals surface area contributed by atoms with E-state index in [4.69, 9.17) is 4.74 Å². The minimum Gasteiger partial charge on any atom is -0.490 e. The number of Topliss-reactive ketones (excluding diaryl/α,β-unsaturated/α-hetero) is 2. The van der Waals surface area contributed by atoms with E-state index in [0.717, 1.165) is 22.3 Å². The van der Waals surface area contributed by atoms with Crippen molar-refractivity contribution in [2.45, 2.75) is 24.4 Å². The van der Waals surface area contributed by atoms with Gasteiger partial charge in [-0.1, -0.05) is 84.9 Å². The van der Waals surface area contributed by atoms with E-state index in [1.807, 2.05) is 84.8 Å². The van der Waals surface area contributed by atoms with Crippen LogP contribution in [0.5, 0.6) is 5.75 Å². The predicted molar refractivity (Wildman–Crippen MR) is 166 cm³/mol. The van der Waals surface area contributed by atoms with E-state index in [-0.39, 0.29) is 17.5 Å². The Labute approximate surface area is 250 Å². The number of nitrogens with one attached hydrogen (secondary N) is 1. The normalized spacial score (nSPS) is 22.9. The maximum atomic E-state index is 14.9. The molecule has 212 valence electrons. The molecule has 4 aromatic rings. The SMILES string of the molecule is C=CCOc1ccc(C(=O)C2C(C(=O)c3ccc(C)cc3)N3C=Cc4ccccc4C3C23C(=O)Nc2ccccc23)cc1. The molecular formula is C37H30N2O4. The second-order valence-corrected chi connectivity index (χ2v) is 11.3. The van der Waals surface area contributed by atoms with E-state index in [0.29, 0.717) is 29.2 Å². The number of anilines is 1. The van der Waals surface area contributed by atoms with Gasteiger partial charge in [0.2, 0.25) is 5.91 Å². The first-order valence-electron chi connectivity index (χ1n) is 14.4. The molecule has 4 atom stereocenters. The number of ether oxygens (including phenoxy) is 1. The van der Waals surface area contributed by atoms with Crippen LogP contribution in [0.15, 0.2) is 116 Å². The van der Waals surface area contributed by atoms with Crippen LogP contribution in [0.3, 0.4) is 0 Å². The van der Waals surface area contributed by atoms with Crippen molar-refractivity contribution < 1.29 is 19.1 Å². The molecule has 6 nitrogen and oxygen atoms in total. The molecule has 1 amide bonds. The Bertz CT molecular complexity index is 1810. The summed E-state index contributed by atoms with van der Waals surface area (Å²) in [6, 6.07) is 28.2. The lowest BCUT2D eigenvalue weighted by molar-refractivity contribution is -0.122. The highest BCUT2D eigenvalue weighted by molar-refractivity contribution is 6.16. The zero-order valence-corrected chi connectivity index (χ0v) is 23.7. The van der Waals surface area contributed by atoms with E-state index in [9.17, 15) is 14.4 Å². The number of para-hydroxylation sites is 1. The largest absolute Gasteiger partial charge is 0.490 e. The fraction of sp³-hybridized carbons (Fsp3) is 0.162. The van der Waals surface area contributed by atoms with Crippen LogP contribution in [-0.4, -0.2) is 35.0 Å². The summed E-state index contributed by atoms with van der Waals surface area (Å²) < 4.78 is 5.65. The molecule has 3 aliphatic rings. The number of hydrogen-bond donors (Lipinski definition) is 1. The fourth-order valence-electron chi connectivity index (χ4n) is 7.11. The smallest absolute Gasteiger partial charge is 0.238 e. The Morgan fingerprint density at radius 2 is 1.58 bits per heavy atom. The van der Waals surface area contributed by atoms with Crippen LogP contribution < -0.4 is 10.1 Å². The van der Waals surface area contributed by atoms with Crippen LogP contribution in [0, 0.1) is 12.8 Å². The minimum absolute atomic E-state index is 0.202. The summed E-state index contributed by atoms with van der Waals surface area (Å²) in [6.07, 6.45) is 5.51. The van der Waals surface area contributed by atoms with Crippen molar-refractivity contribution in [1.82, 2.24) is 4.90 Å². The fourth-order valence-corrected chi connectivity index (χ4v) is 7.11. The lowest BCUT2D eigenvalue weighted by Gasteiger charge is -2.38. The monoisotopic (exact) mass is 566 g/mol. The molecule has 1 spiro atoms. The van der Waals surface area contributed by atoms with Crippen molar-refractivity contribution in [2.75, 3.05) is 11.9 Å². The average molecular weight is 567 g/mol. The molecule has 43 heavy (non-hydrogen) atoms. The number of hydrogen-bond acceptors (Lipinski definition) is 5. The predicted octanol–water partition coefficient (Wildman–Crippen LogP) is 6.54. The highest BCUT2D eigenvalue weighted by atomic mass is 16.5. The second-order valence-electron chi connectivity index (χ2n) is 11.3. The first-order valence-corrected chi connectivity index (χ1v) is 14.4. The highest BCUT2D eigenvalue weighted by Gasteiger charge is 2.70. The van der Waals surface area contributed by atoms with Crippen LogP contribution in [-0.2, 0) is 10.2 Å². The van der Waals surface area contributed by atoms with E-state index < -0.39 is 23.4 Å². The number of nitrogens with zero attached hydrogens (tertiary/aromatic N) is 1. The van der Waals surface area contributed by atoms with Gasteiger partial charge < -0.3 is 15.0 Å². The maximum Gasteiger partial charge on any atom is 0.238 e. The molecule has 6 heteroatoms. The van der Waals surface area contributed by atoms with Crippen LogP contribution in [0.1, 0.15) is 49.0 Å². The van der Waals surface area contributed by atoms with Crippen molar-refractivity contribution >= 4 is 29.2 Å². The summed E-state index contributed by atoms with van der Waals surface area (Å²) >= 11 is 0.